The molecule has 0 saturated heterocycles. The fourth-order valence-electron chi connectivity index (χ4n) is 2.21. The molecule has 6 heteroatoms. The standard InChI is InChI=1S/C17H20N2O4/c1-12(16(20)22-3)10-23-17(21)15-9-18-11-19(15)13(2)14-7-5-4-6-8-14/h4-9,11-13H,10H2,1-3H3. The summed E-state index contributed by atoms with van der Waals surface area (Å²) in [7, 11) is 1.30. The van der Waals surface area contributed by atoms with Gasteiger partial charge in [-0.3, -0.25) is 4.79 Å². The predicted molar refractivity (Wildman–Crippen MR) is 83.9 cm³/mol. The summed E-state index contributed by atoms with van der Waals surface area (Å²) in [6.07, 6.45) is 3.06. The van der Waals surface area contributed by atoms with Crippen LogP contribution in [0.2, 0.25) is 0 Å². The van der Waals surface area contributed by atoms with Gasteiger partial charge in [0.05, 0.1) is 31.6 Å². The summed E-state index contributed by atoms with van der Waals surface area (Å²) in [5.74, 6) is -1.43. The molecule has 0 aliphatic carbocycles. The third-order valence-corrected chi connectivity index (χ3v) is 3.64. The molecule has 0 bridgehead atoms. The van der Waals surface area contributed by atoms with E-state index in [2.05, 4.69) is 9.72 Å². The normalized spacial score (nSPS) is 13.2. The fraction of sp³-hybridized carbons (Fsp3) is 0.353. The largest absolute Gasteiger partial charge is 0.469 e. The average Bonchev–Trinajstić information content (AvgIpc) is 3.08. The molecule has 1 heterocycles. The van der Waals surface area contributed by atoms with Crippen molar-refractivity contribution >= 4 is 11.9 Å². The monoisotopic (exact) mass is 316 g/mol. The molecule has 2 aromatic rings. The number of ether oxygens (including phenoxy) is 2. The summed E-state index contributed by atoms with van der Waals surface area (Å²) in [5.41, 5.74) is 1.40. The zero-order valence-electron chi connectivity index (χ0n) is 13.4. The highest BCUT2D eigenvalue weighted by atomic mass is 16.5. The summed E-state index contributed by atoms with van der Waals surface area (Å²) in [4.78, 5) is 27.6. The predicted octanol–water partition coefficient (Wildman–Crippen LogP) is 2.46. The van der Waals surface area contributed by atoms with E-state index in [1.807, 2.05) is 37.3 Å². The van der Waals surface area contributed by atoms with Gasteiger partial charge >= 0.3 is 11.9 Å². The minimum atomic E-state index is -0.513. The van der Waals surface area contributed by atoms with Crippen LogP contribution in [-0.4, -0.2) is 35.2 Å². The first-order chi connectivity index (χ1) is 11.0. The topological polar surface area (TPSA) is 70.4 Å². The van der Waals surface area contributed by atoms with E-state index >= 15 is 0 Å². The van der Waals surface area contributed by atoms with Crippen molar-refractivity contribution in [1.82, 2.24) is 9.55 Å². The van der Waals surface area contributed by atoms with Crippen LogP contribution in [0.1, 0.15) is 35.9 Å². The fourth-order valence-corrected chi connectivity index (χ4v) is 2.21. The molecule has 0 amide bonds. The lowest BCUT2D eigenvalue weighted by Crippen LogP contribution is -2.22. The second-order valence-electron chi connectivity index (χ2n) is 5.30. The van der Waals surface area contributed by atoms with E-state index < -0.39 is 17.9 Å². The zero-order chi connectivity index (χ0) is 16.8. The molecule has 0 spiro atoms. The number of rotatable bonds is 6. The number of benzene rings is 1. The average molecular weight is 316 g/mol. The van der Waals surface area contributed by atoms with Crippen LogP contribution >= 0.6 is 0 Å². The summed E-state index contributed by atoms with van der Waals surface area (Å²) in [5, 5.41) is 0. The van der Waals surface area contributed by atoms with Gasteiger partial charge in [-0.25, -0.2) is 9.78 Å². The minimum Gasteiger partial charge on any atom is -0.469 e. The van der Waals surface area contributed by atoms with Crippen molar-refractivity contribution in [2.45, 2.75) is 19.9 Å². The summed E-state index contributed by atoms with van der Waals surface area (Å²) >= 11 is 0. The Labute approximate surface area is 135 Å². The van der Waals surface area contributed by atoms with Gasteiger partial charge in [0.15, 0.2) is 0 Å². The first-order valence-corrected chi connectivity index (χ1v) is 7.36. The molecular formula is C17H20N2O4. The molecule has 2 atom stereocenters. The van der Waals surface area contributed by atoms with Gasteiger partial charge in [0.25, 0.3) is 0 Å². The lowest BCUT2D eigenvalue weighted by molar-refractivity contribution is -0.146. The molecule has 0 aliphatic heterocycles. The van der Waals surface area contributed by atoms with Gasteiger partial charge in [-0.05, 0) is 19.4 Å². The molecule has 6 nitrogen and oxygen atoms in total. The quantitative estimate of drug-likeness (QED) is 0.766. The maximum atomic E-state index is 12.2. The van der Waals surface area contributed by atoms with Crippen LogP contribution in [0.5, 0.6) is 0 Å². The summed E-state index contributed by atoms with van der Waals surface area (Å²) in [6.45, 7) is 3.59. The molecule has 0 fully saturated rings. The van der Waals surface area contributed by atoms with Crippen molar-refractivity contribution < 1.29 is 19.1 Å². The highest BCUT2D eigenvalue weighted by molar-refractivity contribution is 5.87. The molecular weight excluding hydrogens is 296 g/mol. The Hall–Kier alpha value is -2.63. The van der Waals surface area contributed by atoms with Crippen LogP contribution in [0.25, 0.3) is 0 Å². The van der Waals surface area contributed by atoms with Crippen LogP contribution in [0, 0.1) is 5.92 Å². The van der Waals surface area contributed by atoms with Crippen molar-refractivity contribution in [3.63, 3.8) is 0 Å². The number of nitrogens with zero attached hydrogens (tertiary/aromatic N) is 2. The highest BCUT2D eigenvalue weighted by Crippen LogP contribution is 2.19. The van der Waals surface area contributed by atoms with E-state index in [1.165, 1.54) is 13.3 Å². The highest BCUT2D eigenvalue weighted by Gasteiger charge is 2.21. The number of carbonyl (C=O) groups excluding carboxylic acids is 2. The van der Waals surface area contributed by atoms with Crippen LogP contribution in [0.15, 0.2) is 42.9 Å². The number of carbonyl (C=O) groups is 2. The molecule has 0 saturated carbocycles. The summed E-state index contributed by atoms with van der Waals surface area (Å²) in [6, 6.07) is 9.74. The van der Waals surface area contributed by atoms with Crippen LogP contribution in [0.3, 0.4) is 0 Å². The number of hydrogen-bond acceptors (Lipinski definition) is 5. The maximum Gasteiger partial charge on any atom is 0.356 e. The van der Waals surface area contributed by atoms with Gasteiger partial charge < -0.3 is 14.0 Å². The van der Waals surface area contributed by atoms with Crippen molar-refractivity contribution in [3.05, 3.63) is 54.1 Å². The molecule has 122 valence electrons. The smallest absolute Gasteiger partial charge is 0.356 e. The zero-order valence-corrected chi connectivity index (χ0v) is 13.4. The van der Waals surface area contributed by atoms with Gasteiger partial charge in [0.2, 0.25) is 0 Å². The van der Waals surface area contributed by atoms with E-state index in [9.17, 15) is 9.59 Å². The Morgan fingerprint density at radius 1 is 1.22 bits per heavy atom. The Bertz CT molecular complexity index is 666. The van der Waals surface area contributed by atoms with E-state index in [0.717, 1.165) is 5.56 Å². The molecule has 1 aromatic carbocycles. The second kappa shape index (κ2) is 7.58. The summed E-state index contributed by atoms with van der Waals surface area (Å²) < 4.78 is 11.6. The van der Waals surface area contributed by atoms with Crippen molar-refractivity contribution in [3.8, 4) is 0 Å². The third-order valence-electron chi connectivity index (χ3n) is 3.64. The Balaban J connectivity index is 2.08. The van der Waals surface area contributed by atoms with Gasteiger partial charge in [0.1, 0.15) is 12.3 Å². The molecule has 2 rings (SSSR count). The van der Waals surface area contributed by atoms with Crippen LogP contribution in [0.4, 0.5) is 0 Å². The van der Waals surface area contributed by atoms with E-state index in [1.54, 1.807) is 17.8 Å². The van der Waals surface area contributed by atoms with E-state index in [4.69, 9.17) is 4.74 Å². The number of imidazole rings is 1. The van der Waals surface area contributed by atoms with Gasteiger partial charge in [-0.15, -0.1) is 0 Å². The van der Waals surface area contributed by atoms with Crippen molar-refractivity contribution in [1.29, 1.82) is 0 Å². The second-order valence-corrected chi connectivity index (χ2v) is 5.30. The van der Waals surface area contributed by atoms with Crippen LogP contribution < -0.4 is 0 Å². The molecule has 23 heavy (non-hydrogen) atoms. The van der Waals surface area contributed by atoms with Crippen molar-refractivity contribution in [2.75, 3.05) is 13.7 Å². The van der Waals surface area contributed by atoms with Gasteiger partial charge in [0, 0.05) is 0 Å². The van der Waals surface area contributed by atoms with Gasteiger partial charge in [-0.1, -0.05) is 30.3 Å². The molecule has 0 radical (unpaired) electrons. The van der Waals surface area contributed by atoms with Crippen molar-refractivity contribution in [2.24, 2.45) is 5.92 Å². The maximum absolute atomic E-state index is 12.2. The minimum absolute atomic E-state index is 0.0313. The molecule has 1 aromatic heterocycles. The Kier molecular flexibility index (Phi) is 5.51. The SMILES string of the molecule is COC(=O)C(C)COC(=O)c1cncn1C(C)c1ccccc1. The first-order valence-electron chi connectivity index (χ1n) is 7.36. The van der Waals surface area contributed by atoms with Crippen LogP contribution in [-0.2, 0) is 14.3 Å². The molecule has 0 aliphatic rings. The van der Waals surface area contributed by atoms with Gasteiger partial charge in [-0.2, -0.15) is 0 Å². The number of esters is 2. The first kappa shape index (κ1) is 16.7. The third kappa shape index (κ3) is 3.97. The lowest BCUT2D eigenvalue weighted by atomic mass is 10.1. The number of aromatic nitrogens is 2. The Morgan fingerprint density at radius 2 is 1.91 bits per heavy atom. The number of methoxy groups -OCH3 is 1. The number of hydrogen-bond donors (Lipinski definition) is 0. The molecule has 0 N–H and O–H groups in total. The molecule has 2 unspecified atom stereocenters. The van der Waals surface area contributed by atoms with E-state index in [0.29, 0.717) is 5.69 Å². The lowest BCUT2D eigenvalue weighted by Gasteiger charge is -2.17. The van der Waals surface area contributed by atoms with E-state index in [-0.39, 0.29) is 12.6 Å². The Morgan fingerprint density at radius 3 is 2.57 bits per heavy atom.